The number of hydrogen-bond acceptors (Lipinski definition) is 1. The second kappa shape index (κ2) is 3.03. The summed E-state index contributed by atoms with van der Waals surface area (Å²) >= 11 is 0. The molecule has 0 fully saturated rings. The topological polar surface area (TPSA) is 26.0 Å². The van der Waals surface area contributed by atoms with Gasteiger partial charge in [0.1, 0.15) is 5.57 Å². The highest BCUT2D eigenvalue weighted by molar-refractivity contribution is 5.40. The van der Waals surface area contributed by atoms with Crippen molar-refractivity contribution in [2.45, 2.75) is 6.18 Å². The largest absolute Gasteiger partial charge is 0.424 e. The Morgan fingerprint density at radius 3 is 2.50 bits per heavy atom. The summed E-state index contributed by atoms with van der Waals surface area (Å²) in [5, 5.41) is 0. The van der Waals surface area contributed by atoms with E-state index in [0.29, 0.717) is 0 Å². The van der Waals surface area contributed by atoms with Gasteiger partial charge in [-0.3, -0.25) is 0 Å². The summed E-state index contributed by atoms with van der Waals surface area (Å²) < 4.78 is 36.4. The van der Waals surface area contributed by atoms with E-state index in [1.807, 2.05) is 5.73 Å². The standard InChI is InChI=1S/C8H6F3N/c9-8(10,11)7-4-2-1-3-6(7)5-12/h1,3H,5,12H2. The van der Waals surface area contributed by atoms with Gasteiger partial charge in [-0.05, 0) is 17.7 Å². The summed E-state index contributed by atoms with van der Waals surface area (Å²) in [5.74, 6) is 0. The van der Waals surface area contributed by atoms with Crippen molar-refractivity contribution in [1.82, 2.24) is 0 Å². The Kier molecular flexibility index (Phi) is 2.25. The molecule has 0 aromatic heterocycles. The maximum atomic E-state index is 12.1. The van der Waals surface area contributed by atoms with E-state index in [-0.39, 0.29) is 12.1 Å². The van der Waals surface area contributed by atoms with E-state index in [1.165, 1.54) is 12.2 Å². The summed E-state index contributed by atoms with van der Waals surface area (Å²) in [4.78, 5) is 0. The SMILES string of the molecule is NCC1=CC=C=C=C1C(F)(F)F. The fourth-order valence-electron chi connectivity index (χ4n) is 0.843. The summed E-state index contributed by atoms with van der Waals surface area (Å²) in [6.07, 6.45) is -1.73. The van der Waals surface area contributed by atoms with E-state index in [0.717, 1.165) is 0 Å². The third kappa shape index (κ3) is 1.69. The van der Waals surface area contributed by atoms with E-state index < -0.39 is 11.7 Å². The van der Waals surface area contributed by atoms with Gasteiger partial charge in [0.15, 0.2) is 0 Å². The molecule has 1 nitrogen and oxygen atoms in total. The first-order valence-corrected chi connectivity index (χ1v) is 3.24. The number of allylic oxidation sites excluding steroid dienone is 2. The van der Waals surface area contributed by atoms with E-state index in [9.17, 15) is 13.2 Å². The van der Waals surface area contributed by atoms with Gasteiger partial charge in [0.25, 0.3) is 0 Å². The molecule has 0 aromatic rings. The van der Waals surface area contributed by atoms with Crippen LogP contribution in [0.3, 0.4) is 0 Å². The zero-order valence-electron chi connectivity index (χ0n) is 6.07. The monoisotopic (exact) mass is 173 g/mol. The lowest BCUT2D eigenvalue weighted by molar-refractivity contribution is -0.0892. The van der Waals surface area contributed by atoms with Crippen LogP contribution in [0.5, 0.6) is 0 Å². The molecule has 1 aliphatic carbocycles. The Bertz CT molecular complexity index is 310. The van der Waals surface area contributed by atoms with E-state index in [1.54, 1.807) is 0 Å². The normalized spacial score (nSPS) is 16.0. The molecule has 0 radical (unpaired) electrons. The second-order valence-corrected chi connectivity index (χ2v) is 2.20. The van der Waals surface area contributed by atoms with Crippen LogP contribution in [-0.2, 0) is 0 Å². The molecule has 0 amide bonds. The Hall–Kier alpha value is -1.21. The number of halogens is 3. The molecule has 12 heavy (non-hydrogen) atoms. The molecule has 0 spiro atoms. The molecule has 2 N–H and O–H groups in total. The van der Waals surface area contributed by atoms with Crippen LogP contribution in [0.1, 0.15) is 0 Å². The molecule has 64 valence electrons. The van der Waals surface area contributed by atoms with Crippen LogP contribution >= 0.6 is 0 Å². The molecular formula is C8H6F3N. The highest BCUT2D eigenvalue weighted by Crippen LogP contribution is 2.30. The van der Waals surface area contributed by atoms with Gasteiger partial charge < -0.3 is 5.73 Å². The second-order valence-electron chi connectivity index (χ2n) is 2.20. The van der Waals surface area contributed by atoms with Crippen LogP contribution in [0.15, 0.2) is 34.8 Å². The van der Waals surface area contributed by atoms with Gasteiger partial charge in [-0.1, -0.05) is 11.5 Å². The molecule has 4 heteroatoms. The maximum Gasteiger partial charge on any atom is 0.424 e. The first-order valence-electron chi connectivity index (χ1n) is 3.24. The summed E-state index contributed by atoms with van der Waals surface area (Å²) in [5.41, 5.74) is 8.57. The Labute approximate surface area is 67.4 Å². The van der Waals surface area contributed by atoms with Crippen molar-refractivity contribution < 1.29 is 13.2 Å². The predicted molar refractivity (Wildman–Crippen MR) is 38.3 cm³/mol. The minimum absolute atomic E-state index is 0.0428. The molecule has 0 unspecified atom stereocenters. The number of rotatable bonds is 1. The molecular weight excluding hydrogens is 167 g/mol. The lowest BCUT2D eigenvalue weighted by atomic mass is 10.0. The molecule has 1 aliphatic rings. The van der Waals surface area contributed by atoms with Crippen molar-refractivity contribution in [1.29, 1.82) is 0 Å². The van der Waals surface area contributed by atoms with Crippen LogP contribution < -0.4 is 5.73 Å². The van der Waals surface area contributed by atoms with Gasteiger partial charge in [-0.2, -0.15) is 13.2 Å². The van der Waals surface area contributed by atoms with Crippen molar-refractivity contribution in [2.75, 3.05) is 6.54 Å². The quantitative estimate of drug-likeness (QED) is 0.600. The molecule has 0 aromatic carbocycles. The third-order valence-corrected chi connectivity index (χ3v) is 1.39. The van der Waals surface area contributed by atoms with Gasteiger partial charge in [-0.15, -0.1) is 0 Å². The fraction of sp³-hybridized carbons (Fsp3) is 0.250. The average molecular weight is 173 g/mol. The highest BCUT2D eigenvalue weighted by Gasteiger charge is 2.35. The van der Waals surface area contributed by atoms with Gasteiger partial charge >= 0.3 is 6.18 Å². The Balaban J connectivity index is 3.11. The molecule has 1 rings (SSSR count). The van der Waals surface area contributed by atoms with Gasteiger partial charge in [0.2, 0.25) is 0 Å². The lowest BCUT2D eigenvalue weighted by Gasteiger charge is -2.11. The van der Waals surface area contributed by atoms with Crippen LogP contribution in [0.25, 0.3) is 0 Å². The van der Waals surface area contributed by atoms with E-state index in [4.69, 9.17) is 5.73 Å². The van der Waals surface area contributed by atoms with Gasteiger partial charge in [0, 0.05) is 6.54 Å². The van der Waals surface area contributed by atoms with Crippen LogP contribution in [0.4, 0.5) is 13.2 Å². The Morgan fingerprint density at radius 1 is 1.42 bits per heavy atom. The molecule has 0 atom stereocenters. The Morgan fingerprint density at radius 2 is 2.08 bits per heavy atom. The van der Waals surface area contributed by atoms with Crippen molar-refractivity contribution in [2.24, 2.45) is 5.73 Å². The third-order valence-electron chi connectivity index (χ3n) is 1.39. The summed E-state index contributed by atoms with van der Waals surface area (Å²) in [6, 6.07) is 0. The van der Waals surface area contributed by atoms with E-state index in [2.05, 4.69) is 5.73 Å². The fourth-order valence-corrected chi connectivity index (χ4v) is 0.843. The van der Waals surface area contributed by atoms with Crippen molar-refractivity contribution in [3.05, 3.63) is 34.8 Å². The zero-order chi connectivity index (χ0) is 9.19. The average Bonchev–Trinajstić information content (AvgIpc) is 2.03. The molecule has 0 heterocycles. The van der Waals surface area contributed by atoms with Crippen molar-refractivity contribution in [3.8, 4) is 0 Å². The number of hydrogen-bond donors (Lipinski definition) is 1. The first kappa shape index (κ1) is 8.88. The van der Waals surface area contributed by atoms with Gasteiger partial charge in [0.05, 0.1) is 0 Å². The molecule has 0 bridgehead atoms. The molecule has 0 saturated carbocycles. The zero-order valence-corrected chi connectivity index (χ0v) is 6.07. The van der Waals surface area contributed by atoms with Crippen molar-refractivity contribution in [3.63, 3.8) is 0 Å². The van der Waals surface area contributed by atoms with Gasteiger partial charge in [-0.25, -0.2) is 0 Å². The summed E-state index contributed by atoms with van der Waals surface area (Å²) in [6.45, 7) is -0.139. The maximum absolute atomic E-state index is 12.1. The van der Waals surface area contributed by atoms with Crippen LogP contribution in [-0.4, -0.2) is 12.7 Å². The van der Waals surface area contributed by atoms with Crippen molar-refractivity contribution >= 4 is 0 Å². The van der Waals surface area contributed by atoms with Crippen LogP contribution in [0.2, 0.25) is 0 Å². The highest BCUT2D eigenvalue weighted by atomic mass is 19.4. The van der Waals surface area contributed by atoms with Crippen LogP contribution in [0, 0.1) is 0 Å². The first-order chi connectivity index (χ1) is 5.55. The number of nitrogens with two attached hydrogens (primary N) is 1. The molecule has 0 aliphatic heterocycles. The predicted octanol–water partition coefficient (Wildman–Crippen LogP) is 1.68. The number of alkyl halides is 3. The minimum Gasteiger partial charge on any atom is -0.326 e. The van der Waals surface area contributed by atoms with E-state index >= 15 is 0 Å². The molecule has 0 saturated heterocycles. The smallest absolute Gasteiger partial charge is 0.326 e. The minimum atomic E-state index is -4.38. The lowest BCUT2D eigenvalue weighted by Crippen LogP contribution is -2.18. The summed E-state index contributed by atoms with van der Waals surface area (Å²) in [7, 11) is 0.